The van der Waals surface area contributed by atoms with Crippen molar-refractivity contribution >= 4 is 11.9 Å². The standard InChI is InChI=1S/C12H22N2O3/c1-5-9(12(16)17-4)6-7-14-10(8(2)3)11(13)15/h6,8,10,14H,5,7H2,1-4H3,(H2,13,15). The van der Waals surface area contributed by atoms with Crippen molar-refractivity contribution in [1.29, 1.82) is 0 Å². The molecule has 0 radical (unpaired) electrons. The Kier molecular flexibility index (Phi) is 7.21. The minimum atomic E-state index is -0.387. The number of ether oxygens (including phenoxy) is 1. The summed E-state index contributed by atoms with van der Waals surface area (Å²) < 4.78 is 4.63. The van der Waals surface area contributed by atoms with Crippen LogP contribution in [0.2, 0.25) is 0 Å². The van der Waals surface area contributed by atoms with Crippen molar-refractivity contribution in [3.63, 3.8) is 0 Å². The third-order valence-electron chi connectivity index (χ3n) is 2.49. The summed E-state index contributed by atoms with van der Waals surface area (Å²) in [6.07, 6.45) is 2.32. The highest BCUT2D eigenvalue weighted by Gasteiger charge is 2.18. The van der Waals surface area contributed by atoms with Crippen molar-refractivity contribution in [1.82, 2.24) is 5.32 Å². The van der Waals surface area contributed by atoms with Gasteiger partial charge in [0.25, 0.3) is 0 Å². The van der Waals surface area contributed by atoms with Crippen LogP contribution in [-0.4, -0.2) is 31.6 Å². The minimum absolute atomic E-state index is 0.115. The molecule has 0 fully saturated rings. The molecule has 0 aromatic carbocycles. The maximum Gasteiger partial charge on any atom is 0.333 e. The number of amides is 1. The average Bonchev–Trinajstić information content (AvgIpc) is 2.27. The second-order valence-electron chi connectivity index (χ2n) is 4.11. The van der Waals surface area contributed by atoms with Crippen LogP contribution >= 0.6 is 0 Å². The van der Waals surface area contributed by atoms with E-state index in [1.165, 1.54) is 7.11 Å². The molecule has 0 spiro atoms. The Morgan fingerprint density at radius 1 is 1.41 bits per heavy atom. The summed E-state index contributed by atoms with van der Waals surface area (Å²) in [6.45, 7) is 6.11. The van der Waals surface area contributed by atoms with Crippen molar-refractivity contribution in [3.8, 4) is 0 Å². The summed E-state index contributed by atoms with van der Waals surface area (Å²) in [4.78, 5) is 22.4. The van der Waals surface area contributed by atoms with E-state index < -0.39 is 0 Å². The fourth-order valence-corrected chi connectivity index (χ4v) is 1.48. The average molecular weight is 242 g/mol. The lowest BCUT2D eigenvalue weighted by molar-refractivity contribution is -0.136. The van der Waals surface area contributed by atoms with E-state index in [2.05, 4.69) is 10.1 Å². The van der Waals surface area contributed by atoms with E-state index in [0.717, 1.165) is 0 Å². The first kappa shape index (κ1) is 15.6. The Morgan fingerprint density at radius 2 is 2.00 bits per heavy atom. The van der Waals surface area contributed by atoms with Crippen molar-refractivity contribution in [3.05, 3.63) is 11.6 Å². The molecule has 1 atom stereocenters. The van der Waals surface area contributed by atoms with Gasteiger partial charge in [-0.15, -0.1) is 0 Å². The zero-order valence-electron chi connectivity index (χ0n) is 10.9. The summed E-state index contributed by atoms with van der Waals surface area (Å²) in [7, 11) is 1.35. The molecule has 0 aromatic heterocycles. The second kappa shape index (κ2) is 7.84. The van der Waals surface area contributed by atoms with Crippen LogP contribution in [0.25, 0.3) is 0 Å². The van der Waals surface area contributed by atoms with Gasteiger partial charge in [-0.2, -0.15) is 0 Å². The summed E-state index contributed by atoms with van der Waals surface area (Å²) in [5.41, 5.74) is 5.85. The van der Waals surface area contributed by atoms with Gasteiger partial charge in [0.15, 0.2) is 0 Å². The second-order valence-corrected chi connectivity index (χ2v) is 4.11. The van der Waals surface area contributed by atoms with E-state index in [-0.39, 0.29) is 23.8 Å². The molecular formula is C12H22N2O3. The SMILES string of the molecule is CCC(=CCNC(C(N)=O)C(C)C)C(=O)OC. The highest BCUT2D eigenvalue weighted by molar-refractivity contribution is 5.88. The topological polar surface area (TPSA) is 81.4 Å². The number of carbonyl (C=O) groups excluding carboxylic acids is 2. The first-order valence-electron chi connectivity index (χ1n) is 5.74. The number of nitrogens with one attached hydrogen (secondary N) is 1. The lowest BCUT2D eigenvalue weighted by Crippen LogP contribution is -2.45. The predicted octanol–water partition coefficient (Wildman–Crippen LogP) is 0.595. The molecule has 98 valence electrons. The lowest BCUT2D eigenvalue weighted by atomic mass is 10.0. The van der Waals surface area contributed by atoms with E-state index in [9.17, 15) is 9.59 Å². The molecule has 5 heteroatoms. The van der Waals surface area contributed by atoms with Crippen LogP contribution in [0.1, 0.15) is 27.2 Å². The third-order valence-corrected chi connectivity index (χ3v) is 2.49. The van der Waals surface area contributed by atoms with Crippen LogP contribution in [-0.2, 0) is 14.3 Å². The number of rotatable bonds is 7. The normalized spacial score (nSPS) is 13.6. The number of hydrogen-bond acceptors (Lipinski definition) is 4. The first-order chi connectivity index (χ1) is 7.93. The molecule has 0 saturated carbocycles. The highest BCUT2D eigenvalue weighted by atomic mass is 16.5. The van der Waals surface area contributed by atoms with Crippen molar-refractivity contribution in [2.45, 2.75) is 33.2 Å². The van der Waals surface area contributed by atoms with Gasteiger partial charge in [0.05, 0.1) is 13.2 Å². The third kappa shape index (κ3) is 5.49. The van der Waals surface area contributed by atoms with Gasteiger partial charge >= 0.3 is 5.97 Å². The molecule has 0 rings (SSSR count). The molecule has 0 aromatic rings. The monoisotopic (exact) mass is 242 g/mol. The Labute approximate surface area is 102 Å². The van der Waals surface area contributed by atoms with Gasteiger partial charge in [0, 0.05) is 12.1 Å². The molecule has 0 saturated heterocycles. The molecular weight excluding hydrogens is 220 g/mol. The van der Waals surface area contributed by atoms with Crippen LogP contribution in [0.3, 0.4) is 0 Å². The van der Waals surface area contributed by atoms with E-state index in [4.69, 9.17) is 5.73 Å². The maximum atomic E-state index is 11.3. The predicted molar refractivity (Wildman–Crippen MR) is 66.2 cm³/mol. The quantitative estimate of drug-likeness (QED) is 0.506. The van der Waals surface area contributed by atoms with Crippen LogP contribution < -0.4 is 11.1 Å². The van der Waals surface area contributed by atoms with E-state index in [1.54, 1.807) is 6.08 Å². The Morgan fingerprint density at radius 3 is 2.35 bits per heavy atom. The summed E-state index contributed by atoms with van der Waals surface area (Å²) in [5, 5.41) is 3.00. The van der Waals surface area contributed by atoms with Gasteiger partial charge in [-0.3, -0.25) is 4.79 Å². The van der Waals surface area contributed by atoms with E-state index >= 15 is 0 Å². The molecule has 0 aliphatic carbocycles. The van der Waals surface area contributed by atoms with Crippen LogP contribution in [0.4, 0.5) is 0 Å². The fourth-order valence-electron chi connectivity index (χ4n) is 1.48. The Bertz CT molecular complexity index is 298. The molecule has 5 nitrogen and oxygen atoms in total. The molecule has 0 bridgehead atoms. The van der Waals surface area contributed by atoms with Crippen molar-refractivity contribution < 1.29 is 14.3 Å². The lowest BCUT2D eigenvalue weighted by Gasteiger charge is -2.18. The summed E-state index contributed by atoms with van der Waals surface area (Å²) in [6, 6.07) is -0.387. The minimum Gasteiger partial charge on any atom is -0.466 e. The van der Waals surface area contributed by atoms with Gasteiger partial charge < -0.3 is 15.8 Å². The number of carbonyl (C=O) groups is 2. The fraction of sp³-hybridized carbons (Fsp3) is 0.667. The Hall–Kier alpha value is -1.36. The molecule has 1 unspecified atom stereocenters. The van der Waals surface area contributed by atoms with Crippen LogP contribution in [0.15, 0.2) is 11.6 Å². The van der Waals surface area contributed by atoms with Gasteiger partial charge in [0.2, 0.25) is 5.91 Å². The molecule has 0 heterocycles. The van der Waals surface area contributed by atoms with Gasteiger partial charge in [-0.25, -0.2) is 4.79 Å². The maximum absolute atomic E-state index is 11.3. The van der Waals surface area contributed by atoms with Crippen LogP contribution in [0.5, 0.6) is 0 Å². The van der Waals surface area contributed by atoms with E-state index in [0.29, 0.717) is 18.5 Å². The van der Waals surface area contributed by atoms with E-state index in [1.807, 2.05) is 20.8 Å². The molecule has 0 aliphatic rings. The van der Waals surface area contributed by atoms with Gasteiger partial charge in [-0.1, -0.05) is 26.8 Å². The van der Waals surface area contributed by atoms with Gasteiger partial charge in [-0.05, 0) is 12.3 Å². The number of primary amides is 1. The number of nitrogens with two attached hydrogens (primary N) is 1. The zero-order chi connectivity index (χ0) is 13.4. The van der Waals surface area contributed by atoms with Crippen molar-refractivity contribution in [2.75, 3.05) is 13.7 Å². The molecule has 3 N–H and O–H groups in total. The largest absolute Gasteiger partial charge is 0.466 e. The Balaban J connectivity index is 4.39. The number of esters is 1. The number of methoxy groups -OCH3 is 1. The van der Waals surface area contributed by atoms with Crippen LogP contribution in [0, 0.1) is 5.92 Å². The summed E-state index contributed by atoms with van der Waals surface area (Å²) >= 11 is 0. The molecule has 1 amide bonds. The zero-order valence-corrected chi connectivity index (χ0v) is 10.9. The first-order valence-corrected chi connectivity index (χ1v) is 5.74. The van der Waals surface area contributed by atoms with Crippen molar-refractivity contribution in [2.24, 2.45) is 11.7 Å². The molecule has 17 heavy (non-hydrogen) atoms. The smallest absolute Gasteiger partial charge is 0.333 e. The van der Waals surface area contributed by atoms with Gasteiger partial charge in [0.1, 0.15) is 0 Å². The summed E-state index contributed by atoms with van der Waals surface area (Å²) in [5.74, 6) is -0.608. The molecule has 0 aliphatic heterocycles. The number of hydrogen-bond donors (Lipinski definition) is 2. The highest BCUT2D eigenvalue weighted by Crippen LogP contribution is 2.04.